The van der Waals surface area contributed by atoms with Crippen molar-refractivity contribution in [3.8, 4) is 0 Å². The summed E-state index contributed by atoms with van der Waals surface area (Å²) < 4.78 is 1.61. The Morgan fingerprint density at radius 2 is 1.87 bits per heavy atom. The van der Waals surface area contributed by atoms with E-state index in [4.69, 9.17) is 0 Å². The van der Waals surface area contributed by atoms with Gasteiger partial charge in [0.15, 0.2) is 5.16 Å². The highest BCUT2D eigenvalue weighted by atomic mass is 32.2. The summed E-state index contributed by atoms with van der Waals surface area (Å²) in [4.78, 5) is 32.0. The zero-order valence-corrected chi connectivity index (χ0v) is 18.7. The van der Waals surface area contributed by atoms with E-state index in [1.54, 1.807) is 11.6 Å². The van der Waals surface area contributed by atoms with E-state index in [-0.39, 0.29) is 18.1 Å². The van der Waals surface area contributed by atoms with Gasteiger partial charge in [-0.3, -0.25) is 14.2 Å². The van der Waals surface area contributed by atoms with Crippen LogP contribution in [0.3, 0.4) is 0 Å². The van der Waals surface area contributed by atoms with Gasteiger partial charge in [0.1, 0.15) is 0 Å². The van der Waals surface area contributed by atoms with Crippen molar-refractivity contribution in [2.75, 3.05) is 19.7 Å². The van der Waals surface area contributed by atoms with E-state index < -0.39 is 0 Å². The van der Waals surface area contributed by atoms with Crippen molar-refractivity contribution in [1.29, 1.82) is 0 Å². The molecule has 0 spiro atoms. The molecule has 31 heavy (non-hydrogen) atoms. The Balaban J connectivity index is 1.44. The fraction of sp³-hybridized carbons (Fsp3) is 0.375. The first-order valence-corrected chi connectivity index (χ1v) is 11.5. The molecule has 0 saturated carbocycles. The van der Waals surface area contributed by atoms with Gasteiger partial charge in [-0.05, 0) is 55.0 Å². The molecular formula is C24H27N3O3S. The number of piperidine rings is 1. The lowest BCUT2D eigenvalue weighted by Crippen LogP contribution is -2.39. The Bertz CT molecular complexity index is 1150. The number of carbonyl (C=O) groups excluding carboxylic acids is 1. The van der Waals surface area contributed by atoms with Crippen LogP contribution in [0.1, 0.15) is 34.3 Å². The van der Waals surface area contributed by atoms with E-state index in [1.807, 2.05) is 54.3 Å². The number of aliphatic hydroxyl groups is 1. The second-order valence-corrected chi connectivity index (χ2v) is 9.07. The molecule has 1 saturated heterocycles. The lowest BCUT2D eigenvalue weighted by Gasteiger charge is -2.31. The summed E-state index contributed by atoms with van der Waals surface area (Å²) in [6.07, 6.45) is 1.71. The molecule has 2 heterocycles. The van der Waals surface area contributed by atoms with Gasteiger partial charge in [-0.15, -0.1) is 0 Å². The smallest absolute Gasteiger partial charge is 0.262 e. The maximum atomic E-state index is 12.7. The molecule has 4 rings (SSSR count). The number of carbonyl (C=O) groups is 1. The van der Waals surface area contributed by atoms with E-state index in [9.17, 15) is 14.7 Å². The number of hydrogen-bond acceptors (Lipinski definition) is 5. The Kier molecular flexibility index (Phi) is 6.43. The molecule has 1 aliphatic rings. The molecule has 0 bridgehead atoms. The van der Waals surface area contributed by atoms with Gasteiger partial charge in [0.05, 0.1) is 10.9 Å². The average molecular weight is 438 g/mol. The van der Waals surface area contributed by atoms with Gasteiger partial charge in [-0.1, -0.05) is 36.0 Å². The maximum Gasteiger partial charge on any atom is 0.262 e. The molecule has 6 nitrogen and oxygen atoms in total. The highest BCUT2D eigenvalue weighted by Gasteiger charge is 2.23. The van der Waals surface area contributed by atoms with Gasteiger partial charge < -0.3 is 10.0 Å². The SMILES string of the molecule is Cc1cccc2nc(SCc3ccc(C(=O)N4CCC(CO)CC4)cc3)n(C)c(=O)c12. The van der Waals surface area contributed by atoms with Crippen LogP contribution in [0.15, 0.2) is 52.4 Å². The normalized spacial score (nSPS) is 14.9. The van der Waals surface area contributed by atoms with Crippen molar-refractivity contribution in [3.05, 3.63) is 69.5 Å². The quantitative estimate of drug-likeness (QED) is 0.489. The Morgan fingerprint density at radius 3 is 2.55 bits per heavy atom. The van der Waals surface area contributed by atoms with Gasteiger partial charge in [0, 0.05) is 38.1 Å². The molecule has 0 unspecified atom stereocenters. The number of aliphatic hydroxyl groups excluding tert-OH is 1. The molecule has 1 aromatic heterocycles. The van der Waals surface area contributed by atoms with Gasteiger partial charge in [0.25, 0.3) is 11.5 Å². The van der Waals surface area contributed by atoms with E-state index >= 15 is 0 Å². The lowest BCUT2D eigenvalue weighted by molar-refractivity contribution is 0.0651. The number of fused-ring (bicyclic) bond motifs is 1. The van der Waals surface area contributed by atoms with Crippen LogP contribution in [0.2, 0.25) is 0 Å². The van der Waals surface area contributed by atoms with Crippen LogP contribution in [0, 0.1) is 12.8 Å². The van der Waals surface area contributed by atoms with Crippen molar-refractivity contribution in [3.63, 3.8) is 0 Å². The molecule has 1 N–H and O–H groups in total. The van der Waals surface area contributed by atoms with Crippen molar-refractivity contribution < 1.29 is 9.90 Å². The third-order valence-electron chi connectivity index (χ3n) is 6.00. The lowest BCUT2D eigenvalue weighted by atomic mass is 9.97. The zero-order chi connectivity index (χ0) is 22.0. The third-order valence-corrected chi connectivity index (χ3v) is 7.10. The second kappa shape index (κ2) is 9.24. The predicted molar refractivity (Wildman–Crippen MR) is 123 cm³/mol. The first-order chi connectivity index (χ1) is 15.0. The number of nitrogens with zero attached hydrogens (tertiary/aromatic N) is 3. The summed E-state index contributed by atoms with van der Waals surface area (Å²) in [5, 5.41) is 10.6. The van der Waals surface area contributed by atoms with Crippen LogP contribution >= 0.6 is 11.8 Å². The molecule has 7 heteroatoms. The highest BCUT2D eigenvalue weighted by Crippen LogP contribution is 2.23. The van der Waals surface area contributed by atoms with Gasteiger partial charge >= 0.3 is 0 Å². The van der Waals surface area contributed by atoms with Crippen LogP contribution in [-0.2, 0) is 12.8 Å². The van der Waals surface area contributed by atoms with Crippen LogP contribution in [0.4, 0.5) is 0 Å². The first kappa shape index (κ1) is 21.6. The average Bonchev–Trinajstić information content (AvgIpc) is 2.80. The molecule has 0 atom stereocenters. The Hall–Kier alpha value is -2.64. The third kappa shape index (κ3) is 4.52. The Labute approximate surface area is 185 Å². The van der Waals surface area contributed by atoms with Crippen molar-refractivity contribution in [2.24, 2.45) is 13.0 Å². The number of aryl methyl sites for hydroxylation is 1. The molecule has 1 fully saturated rings. The minimum atomic E-state index is -0.0310. The number of thioether (sulfide) groups is 1. The van der Waals surface area contributed by atoms with Gasteiger partial charge in [-0.25, -0.2) is 4.98 Å². The van der Waals surface area contributed by atoms with Gasteiger partial charge in [-0.2, -0.15) is 0 Å². The summed E-state index contributed by atoms with van der Waals surface area (Å²) in [6, 6.07) is 13.4. The first-order valence-electron chi connectivity index (χ1n) is 10.6. The number of benzene rings is 2. The zero-order valence-electron chi connectivity index (χ0n) is 17.9. The summed E-state index contributed by atoms with van der Waals surface area (Å²) in [5.41, 5.74) is 3.37. The molecular weight excluding hydrogens is 410 g/mol. The molecule has 1 amide bonds. The number of hydrogen-bond donors (Lipinski definition) is 1. The minimum absolute atomic E-state index is 0.0310. The van der Waals surface area contributed by atoms with Crippen LogP contribution in [0.5, 0.6) is 0 Å². The van der Waals surface area contributed by atoms with Crippen LogP contribution in [-0.4, -0.2) is 45.2 Å². The molecule has 0 radical (unpaired) electrons. The van der Waals surface area contributed by atoms with Crippen molar-refractivity contribution in [1.82, 2.24) is 14.5 Å². The van der Waals surface area contributed by atoms with E-state index in [0.29, 0.717) is 40.9 Å². The predicted octanol–water partition coefficient (Wildman–Crippen LogP) is 3.38. The van der Waals surface area contributed by atoms with E-state index in [2.05, 4.69) is 4.98 Å². The topological polar surface area (TPSA) is 75.4 Å². The Morgan fingerprint density at radius 1 is 1.16 bits per heavy atom. The fourth-order valence-electron chi connectivity index (χ4n) is 3.98. The summed E-state index contributed by atoms with van der Waals surface area (Å²) in [7, 11) is 1.76. The molecule has 2 aromatic carbocycles. The van der Waals surface area contributed by atoms with E-state index in [0.717, 1.165) is 29.5 Å². The van der Waals surface area contributed by atoms with Crippen molar-refractivity contribution >= 4 is 28.6 Å². The number of likely N-dealkylation sites (tertiary alicyclic amines) is 1. The highest BCUT2D eigenvalue weighted by molar-refractivity contribution is 7.98. The summed E-state index contributed by atoms with van der Waals surface area (Å²) >= 11 is 1.51. The molecule has 0 aliphatic carbocycles. The van der Waals surface area contributed by atoms with Crippen LogP contribution < -0.4 is 5.56 Å². The number of aromatic nitrogens is 2. The monoisotopic (exact) mass is 437 g/mol. The minimum Gasteiger partial charge on any atom is -0.396 e. The number of rotatable bonds is 5. The standard InChI is InChI=1S/C24H27N3O3S/c1-16-4-3-5-20-21(16)23(30)26(2)24(25-20)31-15-18-6-8-19(9-7-18)22(29)27-12-10-17(14-28)11-13-27/h3-9,17,28H,10-15H2,1-2H3. The molecule has 1 aliphatic heterocycles. The van der Waals surface area contributed by atoms with E-state index in [1.165, 1.54) is 11.8 Å². The molecule has 3 aromatic rings. The summed E-state index contributed by atoms with van der Waals surface area (Å²) in [5.74, 6) is 1.02. The van der Waals surface area contributed by atoms with Crippen molar-refractivity contribution in [2.45, 2.75) is 30.7 Å². The maximum absolute atomic E-state index is 12.7. The summed E-state index contributed by atoms with van der Waals surface area (Å²) in [6.45, 7) is 3.52. The largest absolute Gasteiger partial charge is 0.396 e. The van der Waals surface area contributed by atoms with Gasteiger partial charge in [0.2, 0.25) is 0 Å². The second-order valence-electron chi connectivity index (χ2n) is 8.13. The fourth-order valence-corrected chi connectivity index (χ4v) is 4.91. The van der Waals surface area contributed by atoms with Crippen LogP contribution in [0.25, 0.3) is 10.9 Å². The molecule has 162 valence electrons. The number of amides is 1.